The molecule has 0 radical (unpaired) electrons. The number of nitrogens with zero attached hydrogens (tertiary/aromatic N) is 4. The normalized spacial score (nSPS) is 15.2. The van der Waals surface area contributed by atoms with Crippen LogP contribution in [0.25, 0.3) is 11.3 Å². The number of thioether (sulfide) groups is 1. The van der Waals surface area contributed by atoms with Crippen LogP contribution < -0.4 is 9.64 Å². The van der Waals surface area contributed by atoms with Crippen molar-refractivity contribution in [3.05, 3.63) is 57.7 Å². The van der Waals surface area contributed by atoms with Crippen molar-refractivity contribution in [2.45, 2.75) is 18.3 Å². The summed E-state index contributed by atoms with van der Waals surface area (Å²) >= 11 is 6.42. The molecule has 142 valence electrons. The molecular weight excluding hydrogens is 460 g/mol. The lowest BCUT2D eigenvalue weighted by atomic mass is 10.1. The topological polar surface area (TPSA) is 68.2 Å². The largest absolute Gasteiger partial charge is 0.446 e. The Hall–Kier alpha value is -2.23. The molecule has 3 heterocycles. The van der Waals surface area contributed by atoms with E-state index in [1.54, 1.807) is 11.0 Å². The summed E-state index contributed by atoms with van der Waals surface area (Å²) in [7, 11) is 0. The highest BCUT2D eigenvalue weighted by molar-refractivity contribution is 9.11. The third kappa shape index (κ3) is 3.57. The molecule has 1 aromatic carbocycles. The lowest BCUT2D eigenvalue weighted by molar-refractivity contribution is -0.118. The minimum absolute atomic E-state index is 0.135. The molecule has 4 rings (SSSR count). The third-order valence-corrected chi connectivity index (χ3v) is 6.51. The monoisotopic (exact) mass is 474 g/mol. The fourth-order valence-electron chi connectivity index (χ4n) is 2.89. The maximum absolute atomic E-state index is 12.6. The molecule has 1 aliphatic rings. The van der Waals surface area contributed by atoms with E-state index in [2.05, 4.69) is 37.7 Å². The molecular formula is C19H15BrN4O2S2. The molecule has 0 N–H and O–H groups in total. The summed E-state index contributed by atoms with van der Waals surface area (Å²) in [6.07, 6.45) is 1.13. The molecule has 0 fully saturated rings. The minimum Gasteiger partial charge on any atom is -0.446 e. The molecule has 1 atom stereocenters. The highest BCUT2D eigenvalue weighted by atomic mass is 79.9. The van der Waals surface area contributed by atoms with Gasteiger partial charge in [0.1, 0.15) is 0 Å². The number of anilines is 1. The molecule has 28 heavy (non-hydrogen) atoms. The summed E-state index contributed by atoms with van der Waals surface area (Å²) in [6, 6.07) is 11.4. The van der Waals surface area contributed by atoms with Crippen molar-refractivity contribution in [1.82, 2.24) is 15.2 Å². The van der Waals surface area contributed by atoms with E-state index < -0.39 is 6.23 Å². The number of aromatic nitrogens is 3. The molecule has 3 aromatic rings. The van der Waals surface area contributed by atoms with Gasteiger partial charge in [0.2, 0.25) is 23.2 Å². The van der Waals surface area contributed by atoms with E-state index in [1.807, 2.05) is 36.4 Å². The van der Waals surface area contributed by atoms with Crippen LogP contribution in [0.4, 0.5) is 5.69 Å². The lowest BCUT2D eigenvalue weighted by Gasteiger charge is -2.28. The van der Waals surface area contributed by atoms with Crippen molar-refractivity contribution < 1.29 is 9.53 Å². The Morgan fingerprint density at radius 3 is 2.89 bits per heavy atom. The average Bonchev–Trinajstić information content (AvgIpc) is 3.06. The quantitative estimate of drug-likeness (QED) is 0.387. The standard InChI is InChI=1S/C19H15BrN4O2S2/c1-3-10-27-19-21-17-16(22-23-19)12-6-4-5-7-13(12)24(11(2)25)18(26-17)14-8-9-15(20)28-14/h3-9,18H,1,10H2,2H3/t18-/m1/s1. The second-order valence-corrected chi connectivity index (χ2v) is 9.35. The lowest BCUT2D eigenvalue weighted by Crippen LogP contribution is -2.35. The van der Waals surface area contributed by atoms with E-state index in [1.165, 1.54) is 30.0 Å². The van der Waals surface area contributed by atoms with Crippen LogP contribution in [-0.2, 0) is 4.79 Å². The number of amides is 1. The van der Waals surface area contributed by atoms with E-state index in [0.717, 1.165) is 14.2 Å². The van der Waals surface area contributed by atoms with Gasteiger partial charge >= 0.3 is 0 Å². The van der Waals surface area contributed by atoms with Gasteiger partial charge in [-0.15, -0.1) is 28.1 Å². The molecule has 1 amide bonds. The van der Waals surface area contributed by atoms with E-state index in [0.29, 0.717) is 28.2 Å². The second kappa shape index (κ2) is 8.02. The Morgan fingerprint density at radius 2 is 2.18 bits per heavy atom. The Bertz CT molecular complexity index is 1060. The minimum atomic E-state index is -0.648. The Morgan fingerprint density at radius 1 is 1.36 bits per heavy atom. The number of benzene rings is 1. The maximum atomic E-state index is 12.6. The first-order valence-corrected chi connectivity index (χ1v) is 11.0. The van der Waals surface area contributed by atoms with Crippen LogP contribution >= 0.6 is 39.0 Å². The predicted octanol–water partition coefficient (Wildman–Crippen LogP) is 5.08. The summed E-state index contributed by atoms with van der Waals surface area (Å²) < 4.78 is 7.23. The number of hydrogen-bond acceptors (Lipinski definition) is 7. The maximum Gasteiger partial charge on any atom is 0.247 e. The first kappa shape index (κ1) is 19.1. The van der Waals surface area contributed by atoms with Crippen LogP contribution in [0.5, 0.6) is 5.88 Å². The van der Waals surface area contributed by atoms with Gasteiger partial charge in [-0.3, -0.25) is 9.69 Å². The summed E-state index contributed by atoms with van der Waals surface area (Å²) in [5.41, 5.74) is 1.99. The molecule has 2 aromatic heterocycles. The number of halogens is 1. The highest BCUT2D eigenvalue weighted by Crippen LogP contribution is 2.44. The number of fused-ring (bicyclic) bond motifs is 3. The zero-order valence-corrected chi connectivity index (χ0v) is 18.1. The van der Waals surface area contributed by atoms with Gasteiger partial charge in [0.25, 0.3) is 0 Å². The zero-order chi connectivity index (χ0) is 19.7. The van der Waals surface area contributed by atoms with Gasteiger partial charge in [-0.25, -0.2) is 0 Å². The first-order chi connectivity index (χ1) is 13.6. The number of ether oxygens (including phenoxy) is 1. The third-order valence-electron chi connectivity index (χ3n) is 4.02. The van der Waals surface area contributed by atoms with Crippen molar-refractivity contribution in [2.24, 2.45) is 0 Å². The Kier molecular flexibility index (Phi) is 5.47. The number of carbonyl (C=O) groups excluding carboxylic acids is 1. The van der Waals surface area contributed by atoms with Crippen LogP contribution in [-0.4, -0.2) is 26.8 Å². The molecule has 0 aliphatic carbocycles. The summed E-state index contributed by atoms with van der Waals surface area (Å²) in [5, 5.41) is 9.07. The van der Waals surface area contributed by atoms with Crippen LogP contribution in [0.15, 0.2) is 58.0 Å². The summed E-state index contributed by atoms with van der Waals surface area (Å²) in [5.74, 6) is 0.883. The van der Waals surface area contributed by atoms with E-state index in [4.69, 9.17) is 4.74 Å². The van der Waals surface area contributed by atoms with Gasteiger partial charge < -0.3 is 4.74 Å². The van der Waals surface area contributed by atoms with Gasteiger partial charge in [0, 0.05) is 18.2 Å². The van der Waals surface area contributed by atoms with Crippen LogP contribution in [0.2, 0.25) is 0 Å². The summed E-state index contributed by atoms with van der Waals surface area (Å²) in [6.45, 7) is 5.24. The van der Waals surface area contributed by atoms with Crippen LogP contribution in [0.1, 0.15) is 18.0 Å². The summed E-state index contributed by atoms with van der Waals surface area (Å²) in [4.78, 5) is 19.7. The second-order valence-electron chi connectivity index (χ2n) is 5.87. The van der Waals surface area contributed by atoms with E-state index >= 15 is 0 Å². The molecule has 9 heteroatoms. The number of carbonyl (C=O) groups is 1. The van der Waals surface area contributed by atoms with Crippen molar-refractivity contribution in [2.75, 3.05) is 10.7 Å². The number of rotatable bonds is 4. The fourth-order valence-corrected chi connectivity index (χ4v) is 4.85. The smallest absolute Gasteiger partial charge is 0.247 e. The van der Waals surface area contributed by atoms with Crippen molar-refractivity contribution in [1.29, 1.82) is 0 Å². The van der Waals surface area contributed by atoms with E-state index in [9.17, 15) is 4.79 Å². The molecule has 0 saturated heterocycles. The Labute approximate surface area is 178 Å². The molecule has 6 nitrogen and oxygen atoms in total. The van der Waals surface area contributed by atoms with Gasteiger partial charge in [0.15, 0.2) is 5.69 Å². The number of thiophene rings is 1. The van der Waals surface area contributed by atoms with Gasteiger partial charge in [-0.1, -0.05) is 36.0 Å². The number of hydrogen-bond donors (Lipinski definition) is 0. The molecule has 0 bridgehead atoms. The fraction of sp³-hybridized carbons (Fsp3) is 0.158. The molecule has 1 aliphatic heterocycles. The van der Waals surface area contributed by atoms with Crippen molar-refractivity contribution >= 4 is 50.6 Å². The predicted molar refractivity (Wildman–Crippen MR) is 115 cm³/mol. The highest BCUT2D eigenvalue weighted by Gasteiger charge is 2.35. The zero-order valence-electron chi connectivity index (χ0n) is 14.8. The Balaban J connectivity index is 1.91. The number of para-hydroxylation sites is 1. The van der Waals surface area contributed by atoms with Crippen molar-refractivity contribution in [3.63, 3.8) is 0 Å². The molecule has 0 unspecified atom stereocenters. The average molecular weight is 475 g/mol. The van der Waals surface area contributed by atoms with Gasteiger partial charge in [-0.2, -0.15) is 4.98 Å². The SMILES string of the molecule is C=CCSc1nnc2c(n1)O[C@H](c1ccc(Br)s1)N(C(C)=O)c1ccccc1-2. The molecule has 0 spiro atoms. The van der Waals surface area contributed by atoms with Crippen molar-refractivity contribution in [3.8, 4) is 17.1 Å². The van der Waals surface area contributed by atoms with E-state index in [-0.39, 0.29) is 5.91 Å². The van der Waals surface area contributed by atoms with Gasteiger partial charge in [0.05, 0.1) is 14.4 Å². The van der Waals surface area contributed by atoms with Gasteiger partial charge in [-0.05, 0) is 34.1 Å². The van der Waals surface area contributed by atoms with Crippen LogP contribution in [0, 0.1) is 0 Å². The molecule has 0 saturated carbocycles. The first-order valence-electron chi connectivity index (χ1n) is 8.38. The van der Waals surface area contributed by atoms with Crippen LogP contribution in [0.3, 0.4) is 0 Å².